The fourth-order valence-corrected chi connectivity index (χ4v) is 0.807. The summed E-state index contributed by atoms with van der Waals surface area (Å²) < 4.78 is 61.4. The summed E-state index contributed by atoms with van der Waals surface area (Å²) in [6.45, 7) is 8.49. The summed E-state index contributed by atoms with van der Waals surface area (Å²) in [6.07, 6.45) is -3.09. The van der Waals surface area contributed by atoms with Gasteiger partial charge < -0.3 is 9.47 Å². The molecule has 0 saturated carbocycles. The van der Waals surface area contributed by atoms with Gasteiger partial charge in [0.15, 0.2) is 6.17 Å². The zero-order valence-electron chi connectivity index (χ0n) is 11.1. The SMILES string of the molecule is C=C(C)C(=O)OC(F)(OC(=O)C(=C)C)C(F)(F)C(C)F. The van der Waals surface area contributed by atoms with Crippen LogP contribution in [0.3, 0.4) is 0 Å². The second kappa shape index (κ2) is 6.06. The van der Waals surface area contributed by atoms with Crippen molar-refractivity contribution in [1.29, 1.82) is 0 Å². The number of rotatable bonds is 6. The summed E-state index contributed by atoms with van der Waals surface area (Å²) in [7, 11) is 0. The minimum atomic E-state index is -4.91. The van der Waals surface area contributed by atoms with E-state index in [1.807, 2.05) is 0 Å². The highest BCUT2D eigenvalue weighted by Crippen LogP contribution is 2.40. The lowest BCUT2D eigenvalue weighted by atomic mass is 10.2. The maximum atomic E-state index is 14.1. The molecule has 0 bridgehead atoms. The maximum absolute atomic E-state index is 14.1. The smallest absolute Gasteiger partial charge is 0.386 e. The lowest BCUT2D eigenvalue weighted by Gasteiger charge is -2.32. The first-order chi connectivity index (χ1) is 8.85. The fraction of sp³-hybridized carbons (Fsp3) is 0.500. The Bertz CT molecular complexity index is 415. The molecule has 1 unspecified atom stereocenters. The molecule has 0 aromatic carbocycles. The lowest BCUT2D eigenvalue weighted by molar-refractivity contribution is -0.379. The standard InChI is InChI=1S/C12H14F4O4/c1-6(2)9(17)19-12(16,11(14,15)8(5)13)20-10(18)7(3)4/h8H,1,3H2,2,4-5H3. The Kier molecular flexibility index (Phi) is 5.50. The molecule has 0 rings (SSSR count). The second-order valence-electron chi connectivity index (χ2n) is 4.11. The van der Waals surface area contributed by atoms with Crippen molar-refractivity contribution in [2.75, 3.05) is 0 Å². The van der Waals surface area contributed by atoms with Gasteiger partial charge in [0.1, 0.15) is 0 Å². The Labute approximate surface area is 113 Å². The topological polar surface area (TPSA) is 52.6 Å². The molecule has 0 aliphatic rings. The summed E-state index contributed by atoms with van der Waals surface area (Å²) >= 11 is 0. The van der Waals surface area contributed by atoms with Gasteiger partial charge in [-0.25, -0.2) is 14.0 Å². The Hall–Kier alpha value is -1.86. The molecule has 0 N–H and O–H groups in total. The molecule has 4 nitrogen and oxygen atoms in total. The Morgan fingerprint density at radius 3 is 1.50 bits per heavy atom. The van der Waals surface area contributed by atoms with Crippen LogP contribution in [0.2, 0.25) is 0 Å². The van der Waals surface area contributed by atoms with Crippen molar-refractivity contribution in [3.05, 3.63) is 24.3 Å². The van der Waals surface area contributed by atoms with Gasteiger partial charge in [-0.2, -0.15) is 13.2 Å². The van der Waals surface area contributed by atoms with Crippen molar-refractivity contribution in [2.45, 2.75) is 38.9 Å². The molecular formula is C12H14F4O4. The molecule has 20 heavy (non-hydrogen) atoms. The van der Waals surface area contributed by atoms with E-state index in [9.17, 15) is 27.2 Å². The van der Waals surface area contributed by atoms with E-state index in [1.54, 1.807) is 0 Å². The number of ether oxygens (including phenoxy) is 2. The molecule has 0 amide bonds. The molecule has 0 aliphatic heterocycles. The van der Waals surface area contributed by atoms with E-state index in [4.69, 9.17) is 0 Å². The van der Waals surface area contributed by atoms with Crippen molar-refractivity contribution in [1.82, 2.24) is 0 Å². The summed E-state index contributed by atoms with van der Waals surface area (Å²) in [5.41, 5.74) is -0.888. The van der Waals surface area contributed by atoms with Crippen LogP contribution in [-0.2, 0) is 19.1 Å². The molecule has 1 atom stereocenters. The monoisotopic (exact) mass is 298 g/mol. The molecule has 114 valence electrons. The van der Waals surface area contributed by atoms with Crippen LogP contribution in [-0.4, -0.2) is 30.1 Å². The molecule has 0 aliphatic carbocycles. The first-order valence-electron chi connectivity index (χ1n) is 5.33. The minimum absolute atomic E-state index is 0.317. The van der Waals surface area contributed by atoms with Gasteiger partial charge in [-0.3, -0.25) is 0 Å². The number of esters is 2. The van der Waals surface area contributed by atoms with E-state index in [0.29, 0.717) is 6.92 Å². The van der Waals surface area contributed by atoms with Crippen molar-refractivity contribution >= 4 is 11.9 Å². The molecule has 8 heteroatoms. The minimum Gasteiger partial charge on any atom is -0.386 e. The summed E-state index contributed by atoms with van der Waals surface area (Å²) in [4.78, 5) is 22.3. The van der Waals surface area contributed by atoms with Crippen LogP contribution in [0.1, 0.15) is 20.8 Å². The van der Waals surface area contributed by atoms with Crippen LogP contribution in [0.5, 0.6) is 0 Å². The van der Waals surface area contributed by atoms with Crippen LogP contribution in [0.15, 0.2) is 24.3 Å². The van der Waals surface area contributed by atoms with Gasteiger partial charge in [-0.15, -0.1) is 0 Å². The predicted octanol–water partition coefficient (Wildman–Crippen LogP) is 2.84. The van der Waals surface area contributed by atoms with Crippen LogP contribution in [0.25, 0.3) is 0 Å². The average molecular weight is 298 g/mol. The first-order valence-corrected chi connectivity index (χ1v) is 5.33. The summed E-state index contributed by atoms with van der Waals surface area (Å²) in [5.74, 6) is -8.13. The van der Waals surface area contributed by atoms with Gasteiger partial charge in [-0.05, 0) is 20.8 Å². The van der Waals surface area contributed by atoms with Gasteiger partial charge in [0.2, 0.25) is 0 Å². The Balaban J connectivity index is 5.55. The number of alkyl halides is 4. The normalized spacial score (nSPS) is 13.3. The zero-order chi connectivity index (χ0) is 16.3. The van der Waals surface area contributed by atoms with E-state index in [2.05, 4.69) is 22.6 Å². The van der Waals surface area contributed by atoms with Crippen LogP contribution < -0.4 is 0 Å². The number of carbonyl (C=O) groups is 2. The van der Waals surface area contributed by atoms with Crippen molar-refractivity contribution < 1.29 is 36.6 Å². The molecular weight excluding hydrogens is 284 g/mol. The van der Waals surface area contributed by atoms with Gasteiger partial charge >= 0.3 is 23.9 Å². The second-order valence-corrected chi connectivity index (χ2v) is 4.11. The molecule has 0 radical (unpaired) electrons. The van der Waals surface area contributed by atoms with Crippen molar-refractivity contribution in [3.8, 4) is 0 Å². The van der Waals surface area contributed by atoms with Crippen LogP contribution in [0.4, 0.5) is 17.6 Å². The maximum Gasteiger partial charge on any atom is 0.482 e. The highest BCUT2D eigenvalue weighted by atomic mass is 19.3. The number of halogens is 4. The lowest BCUT2D eigenvalue weighted by Crippen LogP contribution is -2.55. The molecule has 0 aromatic heterocycles. The largest absolute Gasteiger partial charge is 0.482 e. The molecule has 0 spiro atoms. The highest BCUT2D eigenvalue weighted by Gasteiger charge is 2.66. The Morgan fingerprint density at radius 1 is 1.00 bits per heavy atom. The van der Waals surface area contributed by atoms with Crippen molar-refractivity contribution in [2.24, 2.45) is 0 Å². The van der Waals surface area contributed by atoms with Gasteiger partial charge in [-0.1, -0.05) is 13.2 Å². The molecule has 0 aromatic rings. The third-order valence-electron chi connectivity index (χ3n) is 2.04. The van der Waals surface area contributed by atoms with Gasteiger partial charge in [0, 0.05) is 11.1 Å². The van der Waals surface area contributed by atoms with Crippen LogP contribution in [0, 0.1) is 0 Å². The predicted molar refractivity (Wildman–Crippen MR) is 61.2 cm³/mol. The number of carbonyl (C=O) groups excluding carboxylic acids is 2. The van der Waals surface area contributed by atoms with E-state index in [0.717, 1.165) is 13.8 Å². The van der Waals surface area contributed by atoms with Gasteiger partial charge in [0.25, 0.3) is 0 Å². The molecule has 0 heterocycles. The van der Waals surface area contributed by atoms with Gasteiger partial charge in [0.05, 0.1) is 0 Å². The third-order valence-corrected chi connectivity index (χ3v) is 2.04. The van der Waals surface area contributed by atoms with Crippen LogP contribution >= 0.6 is 0 Å². The Morgan fingerprint density at radius 2 is 1.30 bits per heavy atom. The van der Waals surface area contributed by atoms with E-state index >= 15 is 0 Å². The summed E-state index contributed by atoms with van der Waals surface area (Å²) in [6, 6.07) is -4.60. The van der Waals surface area contributed by atoms with E-state index in [1.165, 1.54) is 0 Å². The molecule has 0 fully saturated rings. The van der Waals surface area contributed by atoms with Crippen molar-refractivity contribution in [3.63, 3.8) is 0 Å². The average Bonchev–Trinajstić information content (AvgIpc) is 2.27. The fourth-order valence-electron chi connectivity index (χ4n) is 0.807. The molecule has 0 saturated heterocycles. The van der Waals surface area contributed by atoms with E-state index < -0.39 is 41.2 Å². The number of hydrogen-bond acceptors (Lipinski definition) is 4. The quantitative estimate of drug-likeness (QED) is 0.327. The highest BCUT2D eigenvalue weighted by molar-refractivity contribution is 5.89. The third kappa shape index (κ3) is 3.82. The van der Waals surface area contributed by atoms with E-state index in [-0.39, 0.29) is 0 Å². The zero-order valence-corrected chi connectivity index (χ0v) is 11.1. The first kappa shape index (κ1) is 18.1. The summed E-state index contributed by atoms with van der Waals surface area (Å²) in [5, 5.41) is 0. The number of hydrogen-bond donors (Lipinski definition) is 0.